The maximum Gasteiger partial charge on any atom is 0.255 e. The third-order valence-electron chi connectivity index (χ3n) is 2.29. The first-order valence-corrected chi connectivity index (χ1v) is 5.78. The summed E-state index contributed by atoms with van der Waals surface area (Å²) in [6.07, 6.45) is 0. The fourth-order valence-electron chi connectivity index (χ4n) is 1.29. The molecule has 0 bridgehead atoms. The summed E-state index contributed by atoms with van der Waals surface area (Å²) in [7, 11) is 3.27. The van der Waals surface area contributed by atoms with Gasteiger partial charge in [-0.1, -0.05) is 11.6 Å². The van der Waals surface area contributed by atoms with Crippen molar-refractivity contribution >= 4 is 29.1 Å². The van der Waals surface area contributed by atoms with Crippen LogP contribution in [0.5, 0.6) is 0 Å². The van der Waals surface area contributed by atoms with Crippen LogP contribution >= 0.6 is 11.6 Å². The summed E-state index contributed by atoms with van der Waals surface area (Å²) in [6, 6.07) is 4.03. The highest BCUT2D eigenvalue weighted by molar-refractivity contribution is 6.31. The summed E-state index contributed by atoms with van der Waals surface area (Å²) in [5, 5.41) is 3.03. The standard InChI is InChI=1S/C12H16ClN3O2/c1-7(14)11(17)15-10-6-8(13)4-5-9(10)12(18)16(2)3/h4-7H,14H2,1-3H3,(H,15,17)/t7-/m0/s1. The molecule has 98 valence electrons. The number of carbonyl (C=O) groups is 2. The van der Waals surface area contributed by atoms with Crippen molar-refractivity contribution < 1.29 is 9.59 Å². The van der Waals surface area contributed by atoms with Gasteiger partial charge in [-0.25, -0.2) is 0 Å². The molecule has 0 radical (unpaired) electrons. The third kappa shape index (κ3) is 3.45. The van der Waals surface area contributed by atoms with Crippen molar-refractivity contribution in [2.45, 2.75) is 13.0 Å². The van der Waals surface area contributed by atoms with E-state index < -0.39 is 6.04 Å². The van der Waals surface area contributed by atoms with E-state index in [2.05, 4.69) is 5.32 Å². The molecule has 0 aliphatic heterocycles. The smallest absolute Gasteiger partial charge is 0.255 e. The molecule has 0 unspecified atom stereocenters. The van der Waals surface area contributed by atoms with Crippen LogP contribution in [0.1, 0.15) is 17.3 Å². The second kappa shape index (κ2) is 5.84. The van der Waals surface area contributed by atoms with E-state index >= 15 is 0 Å². The molecule has 1 atom stereocenters. The molecule has 0 aromatic heterocycles. The summed E-state index contributed by atoms with van der Waals surface area (Å²) in [5.74, 6) is -0.586. The van der Waals surface area contributed by atoms with Gasteiger partial charge < -0.3 is 16.0 Å². The Hall–Kier alpha value is -1.59. The van der Waals surface area contributed by atoms with Crippen molar-refractivity contribution in [3.63, 3.8) is 0 Å². The number of anilines is 1. The zero-order valence-electron chi connectivity index (χ0n) is 10.5. The molecule has 0 fully saturated rings. The van der Waals surface area contributed by atoms with Crippen LogP contribution in [0, 0.1) is 0 Å². The minimum absolute atomic E-state index is 0.216. The van der Waals surface area contributed by atoms with Crippen LogP contribution in [0.2, 0.25) is 5.02 Å². The molecule has 3 N–H and O–H groups in total. The van der Waals surface area contributed by atoms with Crippen LogP contribution in [0.25, 0.3) is 0 Å². The van der Waals surface area contributed by atoms with E-state index in [1.54, 1.807) is 33.2 Å². The molecule has 0 spiro atoms. The summed E-state index contributed by atoms with van der Waals surface area (Å²) in [4.78, 5) is 24.9. The topological polar surface area (TPSA) is 75.4 Å². The van der Waals surface area contributed by atoms with Crippen LogP contribution in [-0.2, 0) is 4.79 Å². The molecule has 18 heavy (non-hydrogen) atoms. The van der Waals surface area contributed by atoms with Gasteiger partial charge in [0.15, 0.2) is 0 Å². The van der Waals surface area contributed by atoms with Crippen molar-refractivity contribution in [2.24, 2.45) is 5.73 Å². The lowest BCUT2D eigenvalue weighted by Crippen LogP contribution is -2.33. The van der Waals surface area contributed by atoms with Crippen LogP contribution in [0.15, 0.2) is 18.2 Å². The Bertz CT molecular complexity index is 472. The maximum atomic E-state index is 11.9. The second-order valence-corrected chi connectivity index (χ2v) is 4.60. The van der Waals surface area contributed by atoms with E-state index in [-0.39, 0.29) is 11.8 Å². The summed E-state index contributed by atoms with van der Waals surface area (Å²) < 4.78 is 0. The molecule has 5 nitrogen and oxygen atoms in total. The Balaban J connectivity index is 3.12. The van der Waals surface area contributed by atoms with Gasteiger partial charge in [-0.3, -0.25) is 9.59 Å². The van der Waals surface area contributed by atoms with Gasteiger partial charge in [0, 0.05) is 19.1 Å². The number of hydrogen-bond donors (Lipinski definition) is 2. The van der Waals surface area contributed by atoms with E-state index in [0.29, 0.717) is 16.3 Å². The molecule has 0 aliphatic carbocycles. The van der Waals surface area contributed by atoms with Crippen molar-refractivity contribution in [3.05, 3.63) is 28.8 Å². The van der Waals surface area contributed by atoms with Crippen molar-refractivity contribution in [1.82, 2.24) is 4.90 Å². The normalized spacial score (nSPS) is 11.8. The first kappa shape index (κ1) is 14.5. The van der Waals surface area contributed by atoms with Crippen LogP contribution in [0.4, 0.5) is 5.69 Å². The van der Waals surface area contributed by atoms with Crippen LogP contribution in [-0.4, -0.2) is 36.9 Å². The number of amides is 2. The fourth-order valence-corrected chi connectivity index (χ4v) is 1.47. The lowest BCUT2D eigenvalue weighted by molar-refractivity contribution is -0.117. The molecule has 1 rings (SSSR count). The Labute approximate surface area is 111 Å². The lowest BCUT2D eigenvalue weighted by atomic mass is 10.1. The van der Waals surface area contributed by atoms with E-state index in [4.69, 9.17) is 17.3 Å². The highest BCUT2D eigenvalue weighted by Gasteiger charge is 2.16. The van der Waals surface area contributed by atoms with Gasteiger partial charge in [-0.2, -0.15) is 0 Å². The number of benzene rings is 1. The first-order chi connectivity index (χ1) is 8.32. The number of carbonyl (C=O) groups excluding carboxylic acids is 2. The Morgan fingerprint density at radius 1 is 1.39 bits per heavy atom. The zero-order chi connectivity index (χ0) is 13.9. The van der Waals surface area contributed by atoms with Crippen LogP contribution in [0.3, 0.4) is 0 Å². The first-order valence-electron chi connectivity index (χ1n) is 5.40. The van der Waals surface area contributed by atoms with Gasteiger partial charge in [0.2, 0.25) is 5.91 Å². The van der Waals surface area contributed by atoms with Gasteiger partial charge in [-0.15, -0.1) is 0 Å². The third-order valence-corrected chi connectivity index (χ3v) is 2.52. The maximum absolute atomic E-state index is 11.9. The second-order valence-electron chi connectivity index (χ2n) is 4.17. The van der Waals surface area contributed by atoms with Crippen molar-refractivity contribution in [2.75, 3.05) is 19.4 Å². The van der Waals surface area contributed by atoms with E-state index in [1.165, 1.54) is 11.0 Å². The molecular formula is C12H16ClN3O2. The predicted molar refractivity (Wildman–Crippen MR) is 71.7 cm³/mol. The minimum Gasteiger partial charge on any atom is -0.345 e. The molecular weight excluding hydrogens is 254 g/mol. The molecule has 1 aromatic carbocycles. The highest BCUT2D eigenvalue weighted by atomic mass is 35.5. The van der Waals surface area contributed by atoms with Gasteiger partial charge in [0.1, 0.15) is 0 Å². The number of halogens is 1. The quantitative estimate of drug-likeness (QED) is 0.869. The largest absolute Gasteiger partial charge is 0.345 e. The molecule has 1 aromatic rings. The van der Waals surface area contributed by atoms with Gasteiger partial charge in [0.25, 0.3) is 5.91 Å². The molecule has 0 heterocycles. The Morgan fingerprint density at radius 3 is 2.50 bits per heavy atom. The van der Waals surface area contributed by atoms with Gasteiger partial charge >= 0.3 is 0 Å². The van der Waals surface area contributed by atoms with Crippen LogP contribution < -0.4 is 11.1 Å². The van der Waals surface area contributed by atoms with E-state index in [0.717, 1.165) is 0 Å². The number of nitrogens with zero attached hydrogens (tertiary/aromatic N) is 1. The average molecular weight is 270 g/mol. The molecule has 6 heteroatoms. The van der Waals surface area contributed by atoms with Gasteiger partial charge in [0.05, 0.1) is 17.3 Å². The Morgan fingerprint density at radius 2 is 2.00 bits per heavy atom. The number of hydrogen-bond acceptors (Lipinski definition) is 3. The summed E-state index contributed by atoms with van der Waals surface area (Å²) in [5.41, 5.74) is 6.21. The predicted octanol–water partition coefficient (Wildman–Crippen LogP) is 1.33. The van der Waals surface area contributed by atoms with Gasteiger partial charge in [-0.05, 0) is 25.1 Å². The fraction of sp³-hybridized carbons (Fsp3) is 0.333. The zero-order valence-corrected chi connectivity index (χ0v) is 11.3. The average Bonchev–Trinajstić information content (AvgIpc) is 2.28. The monoisotopic (exact) mass is 269 g/mol. The Kier molecular flexibility index (Phi) is 4.69. The number of nitrogens with two attached hydrogens (primary N) is 1. The summed E-state index contributed by atoms with van der Waals surface area (Å²) in [6.45, 7) is 1.56. The molecule has 0 saturated carbocycles. The van der Waals surface area contributed by atoms with E-state index in [9.17, 15) is 9.59 Å². The van der Waals surface area contributed by atoms with Crippen molar-refractivity contribution in [1.29, 1.82) is 0 Å². The summed E-state index contributed by atoms with van der Waals surface area (Å²) >= 11 is 5.86. The number of nitrogens with one attached hydrogen (secondary N) is 1. The molecule has 0 aliphatic rings. The SMILES string of the molecule is C[C@H](N)C(=O)Nc1cc(Cl)ccc1C(=O)N(C)C. The van der Waals surface area contributed by atoms with Crippen molar-refractivity contribution in [3.8, 4) is 0 Å². The van der Waals surface area contributed by atoms with E-state index in [1.807, 2.05) is 0 Å². The minimum atomic E-state index is -0.661. The molecule has 0 saturated heterocycles. The number of rotatable bonds is 3. The molecule has 2 amide bonds. The lowest BCUT2D eigenvalue weighted by Gasteiger charge is -2.16. The highest BCUT2D eigenvalue weighted by Crippen LogP contribution is 2.22.